The van der Waals surface area contributed by atoms with Crippen LogP contribution in [0.4, 0.5) is 5.69 Å². The highest BCUT2D eigenvalue weighted by Crippen LogP contribution is 2.37. The highest BCUT2D eigenvalue weighted by atomic mass is 79.9. The van der Waals surface area contributed by atoms with Crippen molar-refractivity contribution in [3.8, 4) is 5.75 Å². The molecule has 1 aliphatic heterocycles. The Kier molecular flexibility index (Phi) is 4.58. The molecule has 0 bridgehead atoms. The number of rotatable bonds is 4. The molecule has 0 aliphatic carbocycles. The molecule has 7 heteroatoms. The first-order chi connectivity index (χ1) is 8.58. The van der Waals surface area contributed by atoms with Crippen LogP contribution in [0.2, 0.25) is 0 Å². The Balaban J connectivity index is 2.10. The van der Waals surface area contributed by atoms with Crippen LogP contribution in [0.5, 0.6) is 5.75 Å². The molecule has 0 unspecified atom stereocenters. The Morgan fingerprint density at radius 3 is 2.61 bits per heavy atom. The lowest BCUT2D eigenvalue weighted by atomic mass is 10.2. The van der Waals surface area contributed by atoms with Gasteiger partial charge in [-0.2, -0.15) is 0 Å². The van der Waals surface area contributed by atoms with Gasteiger partial charge in [0.15, 0.2) is 0 Å². The van der Waals surface area contributed by atoms with Crippen LogP contribution in [0.3, 0.4) is 0 Å². The van der Waals surface area contributed by atoms with Crippen molar-refractivity contribution in [3.05, 3.63) is 31.2 Å². The zero-order chi connectivity index (χ0) is 13.1. The Hall–Kier alpha value is -0.660. The fourth-order valence-electron chi connectivity index (χ4n) is 1.87. The zero-order valence-corrected chi connectivity index (χ0v) is 12.7. The number of nitrogens with one attached hydrogen (secondary N) is 1. The van der Waals surface area contributed by atoms with Gasteiger partial charge >= 0.3 is 0 Å². The van der Waals surface area contributed by atoms with E-state index < -0.39 is 4.92 Å². The van der Waals surface area contributed by atoms with Crippen molar-refractivity contribution in [1.29, 1.82) is 0 Å². The fourth-order valence-corrected chi connectivity index (χ4v) is 3.26. The second-order valence-electron chi connectivity index (χ2n) is 4.10. The first-order valence-corrected chi connectivity index (χ1v) is 7.16. The van der Waals surface area contributed by atoms with Crippen molar-refractivity contribution in [2.75, 3.05) is 13.2 Å². The molecular weight excluding hydrogens is 368 g/mol. The van der Waals surface area contributed by atoms with Gasteiger partial charge in [-0.05, 0) is 51.2 Å². The van der Waals surface area contributed by atoms with Gasteiger partial charge in [0.1, 0.15) is 12.4 Å². The molecular formula is C11H12Br2N2O3. The van der Waals surface area contributed by atoms with Crippen LogP contribution in [0, 0.1) is 10.1 Å². The Bertz CT molecular complexity index is 439. The lowest BCUT2D eigenvalue weighted by molar-refractivity contribution is -0.385. The minimum Gasteiger partial charge on any atom is -0.490 e. The van der Waals surface area contributed by atoms with Crippen molar-refractivity contribution >= 4 is 37.5 Å². The number of hydrogen-bond donors (Lipinski definition) is 1. The van der Waals surface area contributed by atoms with E-state index in [1.165, 1.54) is 12.1 Å². The average Bonchev–Trinajstić information content (AvgIpc) is 2.80. The molecule has 1 fully saturated rings. The highest BCUT2D eigenvalue weighted by molar-refractivity contribution is 9.11. The van der Waals surface area contributed by atoms with Crippen LogP contribution >= 0.6 is 31.9 Å². The van der Waals surface area contributed by atoms with Crippen LogP contribution in [-0.2, 0) is 0 Å². The van der Waals surface area contributed by atoms with Crippen LogP contribution in [0.15, 0.2) is 21.1 Å². The molecule has 1 aromatic rings. The van der Waals surface area contributed by atoms with E-state index >= 15 is 0 Å². The SMILES string of the molecule is O=[N+]([O-])c1cc(Br)c(OC[C@@H]2CCCN2)c(Br)c1. The predicted octanol–water partition coefficient (Wildman–Crippen LogP) is 3.25. The summed E-state index contributed by atoms with van der Waals surface area (Å²) in [5.74, 6) is 0.606. The maximum atomic E-state index is 10.7. The number of nitro benzene ring substituents is 1. The normalized spacial score (nSPS) is 18.9. The second kappa shape index (κ2) is 5.99. The number of nitro groups is 1. The molecule has 0 spiro atoms. The molecule has 0 saturated carbocycles. The molecule has 18 heavy (non-hydrogen) atoms. The van der Waals surface area contributed by atoms with Gasteiger partial charge in [-0.1, -0.05) is 0 Å². The summed E-state index contributed by atoms with van der Waals surface area (Å²) in [6.45, 7) is 1.59. The molecule has 1 aliphatic rings. The van der Waals surface area contributed by atoms with Crippen molar-refractivity contribution in [2.45, 2.75) is 18.9 Å². The zero-order valence-electron chi connectivity index (χ0n) is 9.49. The maximum absolute atomic E-state index is 10.7. The van der Waals surface area contributed by atoms with Crippen molar-refractivity contribution in [3.63, 3.8) is 0 Å². The molecule has 1 aromatic carbocycles. The van der Waals surface area contributed by atoms with E-state index in [-0.39, 0.29) is 5.69 Å². The summed E-state index contributed by atoms with van der Waals surface area (Å²) in [5, 5.41) is 14.0. The van der Waals surface area contributed by atoms with Gasteiger partial charge in [-0.25, -0.2) is 0 Å². The summed E-state index contributed by atoms with van der Waals surface area (Å²) in [6, 6.07) is 3.25. The molecule has 1 saturated heterocycles. The summed E-state index contributed by atoms with van der Waals surface area (Å²) in [7, 11) is 0. The average molecular weight is 380 g/mol. The topological polar surface area (TPSA) is 64.4 Å². The standard InChI is InChI=1S/C11H12Br2N2O3/c12-9-4-8(15(16)17)5-10(13)11(9)18-6-7-2-1-3-14-7/h4-5,7,14H,1-3,6H2/t7-/m0/s1. The van der Waals surface area contributed by atoms with Crippen LogP contribution in [-0.4, -0.2) is 24.1 Å². The molecule has 5 nitrogen and oxygen atoms in total. The lowest BCUT2D eigenvalue weighted by Crippen LogP contribution is -2.28. The summed E-state index contributed by atoms with van der Waals surface area (Å²) < 4.78 is 6.88. The van der Waals surface area contributed by atoms with Gasteiger partial charge in [0, 0.05) is 18.2 Å². The number of halogens is 2. The van der Waals surface area contributed by atoms with Gasteiger partial charge in [0.2, 0.25) is 0 Å². The van der Waals surface area contributed by atoms with Crippen molar-refractivity contribution < 1.29 is 9.66 Å². The Labute approximate surface area is 121 Å². The second-order valence-corrected chi connectivity index (χ2v) is 5.81. The van der Waals surface area contributed by atoms with Gasteiger partial charge < -0.3 is 10.1 Å². The minimum atomic E-state index is -0.433. The Morgan fingerprint density at radius 2 is 2.11 bits per heavy atom. The first-order valence-electron chi connectivity index (χ1n) is 5.57. The molecule has 1 N–H and O–H groups in total. The molecule has 0 amide bonds. The lowest BCUT2D eigenvalue weighted by Gasteiger charge is -2.14. The van der Waals surface area contributed by atoms with E-state index in [1.807, 2.05) is 0 Å². The monoisotopic (exact) mass is 378 g/mol. The van der Waals surface area contributed by atoms with Gasteiger partial charge in [-0.3, -0.25) is 10.1 Å². The quantitative estimate of drug-likeness (QED) is 0.644. The predicted molar refractivity (Wildman–Crippen MR) is 75.0 cm³/mol. The van der Waals surface area contributed by atoms with Gasteiger partial charge in [0.25, 0.3) is 5.69 Å². The Morgan fingerprint density at radius 1 is 1.44 bits per heavy atom. The van der Waals surface area contributed by atoms with E-state index in [4.69, 9.17) is 4.74 Å². The van der Waals surface area contributed by atoms with Gasteiger partial charge in [-0.15, -0.1) is 0 Å². The summed E-state index contributed by atoms with van der Waals surface area (Å²) in [5.41, 5.74) is 0.0279. The first kappa shape index (κ1) is 13.8. The van der Waals surface area contributed by atoms with Crippen molar-refractivity contribution in [1.82, 2.24) is 5.32 Å². The van der Waals surface area contributed by atoms with E-state index in [9.17, 15) is 10.1 Å². The molecule has 98 valence electrons. The number of nitrogens with zero attached hydrogens (tertiary/aromatic N) is 1. The van der Waals surface area contributed by atoms with Crippen LogP contribution in [0.1, 0.15) is 12.8 Å². The molecule has 0 aromatic heterocycles. The largest absolute Gasteiger partial charge is 0.490 e. The van der Waals surface area contributed by atoms with E-state index in [2.05, 4.69) is 37.2 Å². The van der Waals surface area contributed by atoms with E-state index in [1.54, 1.807) is 0 Å². The molecule has 1 atom stereocenters. The molecule has 1 heterocycles. The highest BCUT2D eigenvalue weighted by Gasteiger charge is 2.18. The van der Waals surface area contributed by atoms with Gasteiger partial charge in [0.05, 0.1) is 13.9 Å². The third-order valence-corrected chi connectivity index (χ3v) is 3.96. The minimum absolute atomic E-state index is 0.0279. The maximum Gasteiger partial charge on any atom is 0.271 e. The third-order valence-electron chi connectivity index (χ3n) is 2.79. The number of benzene rings is 1. The molecule has 2 rings (SSSR count). The number of hydrogen-bond acceptors (Lipinski definition) is 4. The summed E-state index contributed by atoms with van der Waals surface area (Å²) in [4.78, 5) is 10.3. The summed E-state index contributed by atoms with van der Waals surface area (Å²) in [6.07, 6.45) is 2.26. The summed E-state index contributed by atoms with van der Waals surface area (Å²) >= 11 is 6.59. The van der Waals surface area contributed by atoms with Crippen LogP contribution < -0.4 is 10.1 Å². The van der Waals surface area contributed by atoms with E-state index in [0.29, 0.717) is 27.3 Å². The van der Waals surface area contributed by atoms with Crippen molar-refractivity contribution in [2.24, 2.45) is 0 Å². The fraction of sp³-hybridized carbons (Fsp3) is 0.455. The number of non-ortho nitro benzene ring substituents is 1. The number of ether oxygens (including phenoxy) is 1. The molecule has 0 radical (unpaired) electrons. The smallest absolute Gasteiger partial charge is 0.271 e. The van der Waals surface area contributed by atoms with Crippen LogP contribution in [0.25, 0.3) is 0 Å². The van der Waals surface area contributed by atoms with E-state index in [0.717, 1.165) is 19.4 Å². The third kappa shape index (κ3) is 3.21.